The van der Waals surface area contributed by atoms with Gasteiger partial charge in [0.15, 0.2) is 5.96 Å². The lowest BCUT2D eigenvalue weighted by atomic mass is 10.1. The molecule has 2 aliphatic rings. The molecule has 0 atom stereocenters. The van der Waals surface area contributed by atoms with Crippen LogP contribution in [0.5, 0.6) is 0 Å². The molecule has 0 aromatic carbocycles. The topological polar surface area (TPSA) is 70.6 Å². The smallest absolute Gasteiger partial charge is 0.191 e. The van der Waals surface area contributed by atoms with Crippen molar-refractivity contribution in [1.82, 2.24) is 10.6 Å². The Kier molecular flexibility index (Phi) is 4.18. The molecule has 0 spiro atoms. The fraction of sp³-hybridized carbons (Fsp3) is 0.769. The standard InChI is InChI=1S/C13H23N3O2S/c1-14-12(16-11-5-3-4-6-11)15-9-13(7-8-13)10-19(2,17)18/h3-4,11H,5-10H2,1-2H3,(H2,14,15,16). The van der Waals surface area contributed by atoms with Gasteiger partial charge >= 0.3 is 0 Å². The molecule has 0 unspecified atom stereocenters. The maximum atomic E-state index is 11.4. The second-order valence-electron chi connectivity index (χ2n) is 5.78. The number of rotatable bonds is 5. The summed E-state index contributed by atoms with van der Waals surface area (Å²) in [6.07, 6.45) is 9.65. The summed E-state index contributed by atoms with van der Waals surface area (Å²) in [5.41, 5.74) is -0.0703. The third kappa shape index (κ3) is 4.53. The Morgan fingerprint density at radius 1 is 1.37 bits per heavy atom. The van der Waals surface area contributed by atoms with Crippen LogP contribution in [0, 0.1) is 5.41 Å². The van der Waals surface area contributed by atoms with Crippen LogP contribution in [0.15, 0.2) is 17.1 Å². The van der Waals surface area contributed by atoms with Gasteiger partial charge in [-0.05, 0) is 25.7 Å². The molecule has 0 amide bonds. The molecule has 0 aromatic heterocycles. The quantitative estimate of drug-likeness (QED) is 0.443. The van der Waals surface area contributed by atoms with E-state index in [0.29, 0.717) is 12.6 Å². The predicted molar refractivity (Wildman–Crippen MR) is 78.0 cm³/mol. The molecule has 5 nitrogen and oxygen atoms in total. The van der Waals surface area contributed by atoms with Crippen LogP contribution in [0.1, 0.15) is 25.7 Å². The molecule has 1 saturated carbocycles. The first-order chi connectivity index (χ1) is 8.92. The van der Waals surface area contributed by atoms with Gasteiger partial charge in [-0.3, -0.25) is 4.99 Å². The van der Waals surface area contributed by atoms with Gasteiger partial charge in [-0.25, -0.2) is 8.42 Å². The Bertz CT molecular complexity index is 470. The van der Waals surface area contributed by atoms with Crippen LogP contribution in [-0.4, -0.2) is 46.0 Å². The van der Waals surface area contributed by atoms with Crippen LogP contribution < -0.4 is 10.6 Å². The zero-order chi connectivity index (χ0) is 13.9. The van der Waals surface area contributed by atoms with Gasteiger partial charge in [0.05, 0.1) is 5.75 Å². The van der Waals surface area contributed by atoms with E-state index in [1.807, 2.05) is 0 Å². The SMILES string of the molecule is CN=C(NCC1(CS(C)(=O)=O)CC1)NC1CC=CC1. The molecule has 0 aliphatic heterocycles. The second kappa shape index (κ2) is 5.53. The number of sulfone groups is 1. The molecule has 0 saturated heterocycles. The summed E-state index contributed by atoms with van der Waals surface area (Å²) in [5, 5.41) is 6.62. The van der Waals surface area contributed by atoms with E-state index in [2.05, 4.69) is 27.8 Å². The number of hydrogen-bond acceptors (Lipinski definition) is 3. The molecule has 0 radical (unpaired) electrons. The van der Waals surface area contributed by atoms with Crippen LogP contribution in [0.2, 0.25) is 0 Å². The van der Waals surface area contributed by atoms with E-state index in [1.165, 1.54) is 6.26 Å². The summed E-state index contributed by atoms with van der Waals surface area (Å²) >= 11 is 0. The molecule has 0 bridgehead atoms. The lowest BCUT2D eigenvalue weighted by molar-refractivity contribution is 0.524. The average molecular weight is 285 g/mol. The molecule has 1 fully saturated rings. The molecule has 19 heavy (non-hydrogen) atoms. The molecule has 0 heterocycles. The number of aliphatic imine (C=N–C) groups is 1. The van der Waals surface area contributed by atoms with Crippen LogP contribution in [-0.2, 0) is 9.84 Å². The highest BCUT2D eigenvalue weighted by Crippen LogP contribution is 2.45. The van der Waals surface area contributed by atoms with E-state index in [0.717, 1.165) is 31.6 Å². The first-order valence-corrected chi connectivity index (χ1v) is 8.78. The number of nitrogens with zero attached hydrogens (tertiary/aromatic N) is 1. The number of nitrogens with one attached hydrogen (secondary N) is 2. The van der Waals surface area contributed by atoms with E-state index in [4.69, 9.17) is 0 Å². The third-order valence-electron chi connectivity index (χ3n) is 3.73. The summed E-state index contributed by atoms with van der Waals surface area (Å²) in [5.74, 6) is 1.04. The molecular weight excluding hydrogens is 262 g/mol. The Morgan fingerprint density at radius 2 is 2.00 bits per heavy atom. The number of guanidine groups is 1. The van der Waals surface area contributed by atoms with Gasteiger partial charge in [-0.15, -0.1) is 0 Å². The maximum absolute atomic E-state index is 11.4. The summed E-state index contributed by atoms with van der Waals surface area (Å²) in [6.45, 7) is 0.680. The highest BCUT2D eigenvalue weighted by atomic mass is 32.2. The lowest BCUT2D eigenvalue weighted by Crippen LogP contribution is -2.45. The highest BCUT2D eigenvalue weighted by Gasteiger charge is 2.45. The van der Waals surface area contributed by atoms with E-state index in [-0.39, 0.29) is 11.2 Å². The third-order valence-corrected chi connectivity index (χ3v) is 4.87. The summed E-state index contributed by atoms with van der Waals surface area (Å²) in [4.78, 5) is 4.20. The Labute approximate surface area is 115 Å². The van der Waals surface area contributed by atoms with Crippen molar-refractivity contribution in [2.24, 2.45) is 10.4 Å². The first kappa shape index (κ1) is 14.4. The Morgan fingerprint density at radius 3 is 2.47 bits per heavy atom. The maximum Gasteiger partial charge on any atom is 0.191 e. The van der Waals surface area contributed by atoms with Gasteiger partial charge in [0.25, 0.3) is 0 Å². The predicted octanol–water partition coefficient (Wildman–Crippen LogP) is 0.695. The normalized spacial score (nSPS) is 22.5. The van der Waals surface area contributed by atoms with Crippen molar-refractivity contribution >= 4 is 15.8 Å². The Hall–Kier alpha value is -1.04. The zero-order valence-corrected chi connectivity index (χ0v) is 12.5. The molecule has 2 aliphatic carbocycles. The molecule has 0 aromatic rings. The fourth-order valence-electron chi connectivity index (χ4n) is 2.50. The van der Waals surface area contributed by atoms with Gasteiger partial charge in [0.1, 0.15) is 9.84 Å². The van der Waals surface area contributed by atoms with E-state index in [9.17, 15) is 8.42 Å². The van der Waals surface area contributed by atoms with Gasteiger partial charge in [0.2, 0.25) is 0 Å². The van der Waals surface area contributed by atoms with Gasteiger partial charge in [0, 0.05) is 31.3 Å². The zero-order valence-electron chi connectivity index (χ0n) is 11.6. The minimum Gasteiger partial charge on any atom is -0.356 e. The van der Waals surface area contributed by atoms with Crippen LogP contribution in [0.4, 0.5) is 0 Å². The minimum atomic E-state index is -2.91. The second-order valence-corrected chi connectivity index (χ2v) is 7.92. The van der Waals surface area contributed by atoms with Crippen LogP contribution in [0.25, 0.3) is 0 Å². The minimum absolute atomic E-state index is 0.0703. The monoisotopic (exact) mass is 285 g/mol. The highest BCUT2D eigenvalue weighted by molar-refractivity contribution is 7.90. The van der Waals surface area contributed by atoms with Gasteiger partial charge in [-0.2, -0.15) is 0 Å². The van der Waals surface area contributed by atoms with Crippen molar-refractivity contribution in [1.29, 1.82) is 0 Å². The summed E-state index contributed by atoms with van der Waals surface area (Å²) in [6, 6.07) is 0.413. The number of hydrogen-bond donors (Lipinski definition) is 2. The molecule has 108 valence electrons. The van der Waals surface area contributed by atoms with E-state index >= 15 is 0 Å². The lowest BCUT2D eigenvalue weighted by Gasteiger charge is -2.20. The fourth-order valence-corrected chi connectivity index (χ4v) is 4.00. The van der Waals surface area contributed by atoms with Crippen LogP contribution >= 0.6 is 0 Å². The summed E-state index contributed by atoms with van der Waals surface area (Å²) in [7, 11) is -1.16. The average Bonchev–Trinajstić information content (AvgIpc) is 2.88. The molecule has 6 heteroatoms. The Balaban J connectivity index is 1.80. The van der Waals surface area contributed by atoms with Crippen molar-refractivity contribution in [3.05, 3.63) is 12.2 Å². The van der Waals surface area contributed by atoms with Crippen molar-refractivity contribution in [3.8, 4) is 0 Å². The van der Waals surface area contributed by atoms with Crippen molar-refractivity contribution < 1.29 is 8.42 Å². The van der Waals surface area contributed by atoms with Crippen molar-refractivity contribution in [2.45, 2.75) is 31.7 Å². The molecule has 2 N–H and O–H groups in total. The molecule has 2 rings (SSSR count). The van der Waals surface area contributed by atoms with Crippen LogP contribution in [0.3, 0.4) is 0 Å². The van der Waals surface area contributed by atoms with Gasteiger partial charge < -0.3 is 10.6 Å². The van der Waals surface area contributed by atoms with Crippen molar-refractivity contribution in [2.75, 3.05) is 25.6 Å². The first-order valence-electron chi connectivity index (χ1n) is 6.72. The van der Waals surface area contributed by atoms with E-state index < -0.39 is 9.84 Å². The largest absolute Gasteiger partial charge is 0.356 e. The van der Waals surface area contributed by atoms with E-state index in [1.54, 1.807) is 7.05 Å². The summed E-state index contributed by atoms with van der Waals surface area (Å²) < 4.78 is 22.8. The van der Waals surface area contributed by atoms with Gasteiger partial charge in [-0.1, -0.05) is 12.2 Å². The van der Waals surface area contributed by atoms with Crippen molar-refractivity contribution in [3.63, 3.8) is 0 Å². The molecular formula is C13H23N3O2S.